The van der Waals surface area contributed by atoms with Crippen LogP contribution in [0.3, 0.4) is 0 Å². The summed E-state index contributed by atoms with van der Waals surface area (Å²) in [5.41, 5.74) is -0.421. The molecular formula is C30H46O8. The topological polar surface area (TPSA) is 116 Å². The fourth-order valence-corrected chi connectivity index (χ4v) is 4.03. The van der Waals surface area contributed by atoms with E-state index in [4.69, 9.17) is 14.2 Å². The summed E-state index contributed by atoms with van der Waals surface area (Å²) < 4.78 is 16.2. The molecule has 0 heterocycles. The summed E-state index contributed by atoms with van der Waals surface area (Å²) in [5, 5.41) is 10.8. The van der Waals surface area contributed by atoms with Gasteiger partial charge in [-0.05, 0) is 32.3 Å². The first-order valence-corrected chi connectivity index (χ1v) is 14.3. The summed E-state index contributed by atoms with van der Waals surface area (Å²) in [6.45, 7) is 7.84. The first-order valence-electron chi connectivity index (χ1n) is 14.3. The number of ether oxygens (including phenoxy) is 3. The summed E-state index contributed by atoms with van der Waals surface area (Å²) >= 11 is 0. The van der Waals surface area contributed by atoms with E-state index in [1.54, 1.807) is 6.92 Å². The van der Waals surface area contributed by atoms with Gasteiger partial charge in [0.2, 0.25) is 5.75 Å². The van der Waals surface area contributed by atoms with Crippen molar-refractivity contribution in [2.75, 3.05) is 6.61 Å². The van der Waals surface area contributed by atoms with Crippen LogP contribution >= 0.6 is 0 Å². The van der Waals surface area contributed by atoms with Crippen molar-refractivity contribution in [3.05, 3.63) is 17.2 Å². The predicted molar refractivity (Wildman–Crippen MR) is 146 cm³/mol. The van der Waals surface area contributed by atoms with E-state index in [0.717, 1.165) is 63.9 Å². The molecule has 0 aliphatic rings. The van der Waals surface area contributed by atoms with E-state index >= 15 is 0 Å². The highest BCUT2D eigenvalue weighted by Gasteiger charge is 2.31. The third kappa shape index (κ3) is 11.7. The summed E-state index contributed by atoms with van der Waals surface area (Å²) in [5.74, 6) is -3.93. The monoisotopic (exact) mass is 534 g/mol. The average Bonchev–Trinajstić information content (AvgIpc) is 2.89. The molecule has 0 aliphatic heterocycles. The van der Waals surface area contributed by atoms with Crippen molar-refractivity contribution in [3.8, 4) is 17.2 Å². The smallest absolute Gasteiger partial charge is 0.339 e. The van der Waals surface area contributed by atoms with Gasteiger partial charge in [0.15, 0.2) is 17.3 Å². The van der Waals surface area contributed by atoms with Crippen LogP contribution in [0.2, 0.25) is 0 Å². The molecule has 0 aromatic heterocycles. The number of hydrogen-bond acceptors (Lipinski definition) is 8. The summed E-state index contributed by atoms with van der Waals surface area (Å²) in [4.78, 5) is 51.6. The molecule has 8 nitrogen and oxygen atoms in total. The van der Waals surface area contributed by atoms with Crippen LogP contribution in [0.1, 0.15) is 145 Å². The Morgan fingerprint density at radius 3 is 1.61 bits per heavy atom. The third-order valence-corrected chi connectivity index (χ3v) is 6.15. The highest BCUT2D eigenvalue weighted by atomic mass is 16.6. The fourth-order valence-electron chi connectivity index (χ4n) is 4.03. The Labute approximate surface area is 227 Å². The van der Waals surface area contributed by atoms with E-state index in [-0.39, 0.29) is 37.0 Å². The van der Waals surface area contributed by atoms with Crippen molar-refractivity contribution >= 4 is 23.7 Å². The normalized spacial score (nSPS) is 10.7. The molecule has 0 amide bonds. The van der Waals surface area contributed by atoms with Gasteiger partial charge in [0.25, 0.3) is 0 Å². The standard InChI is InChI=1S/C30H46O8/c1-5-9-12-15-18-23(31)27-22(30(35)36-8-4)21-24(32)28(37-25(33)19-16-13-10-6-2)29(27)38-26(34)20-17-14-11-7-3/h21,32H,5-20H2,1-4H3. The maximum atomic E-state index is 13.4. The predicted octanol–water partition coefficient (Wildman–Crippen LogP) is 7.47. The Bertz CT molecular complexity index is 906. The molecule has 1 aromatic carbocycles. The van der Waals surface area contributed by atoms with E-state index < -0.39 is 40.9 Å². The zero-order valence-corrected chi connectivity index (χ0v) is 23.7. The number of esters is 3. The zero-order valence-electron chi connectivity index (χ0n) is 23.7. The van der Waals surface area contributed by atoms with Crippen molar-refractivity contribution in [1.82, 2.24) is 0 Å². The Morgan fingerprint density at radius 2 is 1.13 bits per heavy atom. The highest BCUT2D eigenvalue weighted by Crippen LogP contribution is 2.43. The van der Waals surface area contributed by atoms with Gasteiger partial charge in [0.1, 0.15) is 0 Å². The number of carbonyl (C=O) groups is 4. The number of aromatic hydroxyl groups is 1. The number of phenols is 1. The van der Waals surface area contributed by atoms with Crippen LogP contribution in [0.5, 0.6) is 17.2 Å². The first-order chi connectivity index (χ1) is 18.3. The van der Waals surface area contributed by atoms with Crippen LogP contribution in [0.25, 0.3) is 0 Å². The average molecular weight is 535 g/mol. The Hall–Kier alpha value is -2.90. The van der Waals surface area contributed by atoms with Gasteiger partial charge in [-0.25, -0.2) is 4.79 Å². The van der Waals surface area contributed by atoms with E-state index in [2.05, 4.69) is 20.8 Å². The lowest BCUT2D eigenvalue weighted by Crippen LogP contribution is -2.19. The van der Waals surface area contributed by atoms with Crippen LogP contribution in [-0.4, -0.2) is 35.4 Å². The second kappa shape index (κ2) is 19.2. The molecular weight excluding hydrogens is 488 g/mol. The molecule has 0 saturated carbocycles. The molecule has 0 fully saturated rings. The van der Waals surface area contributed by atoms with Crippen molar-refractivity contribution < 1.29 is 38.5 Å². The minimum atomic E-state index is -0.836. The number of hydrogen-bond donors (Lipinski definition) is 1. The molecule has 0 radical (unpaired) electrons. The van der Waals surface area contributed by atoms with Gasteiger partial charge in [-0.2, -0.15) is 0 Å². The van der Waals surface area contributed by atoms with Crippen LogP contribution in [0.4, 0.5) is 0 Å². The van der Waals surface area contributed by atoms with Crippen LogP contribution in [0, 0.1) is 0 Å². The minimum absolute atomic E-state index is 0.0464. The molecule has 0 bridgehead atoms. The van der Waals surface area contributed by atoms with Crippen molar-refractivity contribution in [2.24, 2.45) is 0 Å². The number of Topliss-reactive ketones (excluding diaryl/α,β-unsaturated/α-hetero) is 1. The van der Waals surface area contributed by atoms with E-state index in [1.165, 1.54) is 0 Å². The molecule has 8 heteroatoms. The van der Waals surface area contributed by atoms with Crippen molar-refractivity contribution in [1.29, 1.82) is 0 Å². The second-order valence-electron chi connectivity index (χ2n) is 9.50. The molecule has 1 aromatic rings. The Kier molecular flexibility index (Phi) is 16.7. The molecule has 0 saturated heterocycles. The molecule has 38 heavy (non-hydrogen) atoms. The number of rotatable bonds is 20. The lowest BCUT2D eigenvalue weighted by Gasteiger charge is -2.18. The molecule has 1 N–H and O–H groups in total. The highest BCUT2D eigenvalue weighted by molar-refractivity contribution is 6.10. The first kappa shape index (κ1) is 33.1. The number of ketones is 1. The number of unbranched alkanes of at least 4 members (excludes halogenated alkanes) is 9. The van der Waals surface area contributed by atoms with Crippen molar-refractivity contribution in [2.45, 2.75) is 124 Å². The second-order valence-corrected chi connectivity index (χ2v) is 9.50. The SMILES string of the molecule is CCCCCCC(=O)Oc1c(O)cc(C(=O)OCC)c(C(=O)CCCCCC)c1OC(=O)CCCCCC. The molecule has 0 spiro atoms. The summed E-state index contributed by atoms with van der Waals surface area (Å²) in [6.07, 6.45) is 10.4. The van der Waals surface area contributed by atoms with Gasteiger partial charge in [-0.3, -0.25) is 14.4 Å². The summed E-state index contributed by atoms with van der Waals surface area (Å²) in [7, 11) is 0. The van der Waals surface area contributed by atoms with Gasteiger partial charge in [0.05, 0.1) is 17.7 Å². The lowest BCUT2D eigenvalue weighted by atomic mass is 9.97. The van der Waals surface area contributed by atoms with E-state index in [0.29, 0.717) is 19.3 Å². The number of phenolic OH excluding ortho intramolecular Hbond substituents is 1. The maximum absolute atomic E-state index is 13.4. The Morgan fingerprint density at radius 1 is 0.658 bits per heavy atom. The maximum Gasteiger partial charge on any atom is 0.339 e. The Balaban J connectivity index is 3.47. The number of benzene rings is 1. The van der Waals surface area contributed by atoms with Crippen LogP contribution in [-0.2, 0) is 14.3 Å². The number of carbonyl (C=O) groups excluding carboxylic acids is 4. The van der Waals surface area contributed by atoms with Crippen molar-refractivity contribution in [3.63, 3.8) is 0 Å². The largest absolute Gasteiger partial charge is 0.504 e. The fraction of sp³-hybridized carbons (Fsp3) is 0.667. The molecule has 214 valence electrons. The summed E-state index contributed by atoms with van der Waals surface area (Å²) in [6, 6.07) is 1.05. The molecule has 1 rings (SSSR count). The quantitative estimate of drug-likeness (QED) is 0.0792. The third-order valence-electron chi connectivity index (χ3n) is 6.15. The van der Waals surface area contributed by atoms with Gasteiger partial charge < -0.3 is 19.3 Å². The van der Waals surface area contributed by atoms with Crippen LogP contribution in [0.15, 0.2) is 6.07 Å². The zero-order chi connectivity index (χ0) is 28.3. The molecule has 0 unspecified atom stereocenters. The molecule has 0 aliphatic carbocycles. The molecule has 0 atom stereocenters. The van der Waals surface area contributed by atoms with Crippen LogP contribution < -0.4 is 9.47 Å². The van der Waals surface area contributed by atoms with Gasteiger partial charge in [0, 0.05) is 19.3 Å². The minimum Gasteiger partial charge on any atom is -0.504 e. The van der Waals surface area contributed by atoms with Gasteiger partial charge >= 0.3 is 17.9 Å². The lowest BCUT2D eigenvalue weighted by molar-refractivity contribution is -0.137. The van der Waals surface area contributed by atoms with E-state index in [9.17, 15) is 24.3 Å². The van der Waals surface area contributed by atoms with Gasteiger partial charge in [-0.1, -0.05) is 78.6 Å². The van der Waals surface area contributed by atoms with E-state index in [1.807, 2.05) is 0 Å². The van der Waals surface area contributed by atoms with Gasteiger partial charge in [-0.15, -0.1) is 0 Å².